The Labute approximate surface area is 181 Å². The van der Waals surface area contributed by atoms with Crippen molar-refractivity contribution >= 4 is 45.6 Å². The number of benzene rings is 2. The molecular formula is C21H16ClN3O4S. The first-order valence-electron chi connectivity index (χ1n) is 9.30. The van der Waals surface area contributed by atoms with Crippen LogP contribution < -0.4 is 19.7 Å². The molecule has 5 rings (SSSR count). The van der Waals surface area contributed by atoms with Crippen molar-refractivity contribution in [2.24, 2.45) is 5.92 Å². The lowest BCUT2D eigenvalue weighted by Crippen LogP contribution is -2.28. The zero-order valence-electron chi connectivity index (χ0n) is 15.6. The zero-order valence-corrected chi connectivity index (χ0v) is 17.2. The van der Waals surface area contributed by atoms with Crippen molar-refractivity contribution in [2.75, 3.05) is 23.6 Å². The monoisotopic (exact) mass is 441 g/mol. The fourth-order valence-corrected chi connectivity index (χ4v) is 4.47. The topological polar surface area (TPSA) is 80.8 Å². The molecule has 2 amide bonds. The second-order valence-electron chi connectivity index (χ2n) is 6.95. The highest BCUT2D eigenvalue weighted by Crippen LogP contribution is 2.37. The van der Waals surface area contributed by atoms with Crippen molar-refractivity contribution in [1.29, 1.82) is 0 Å². The molecule has 1 fully saturated rings. The molecule has 0 aliphatic carbocycles. The Bertz CT molecular complexity index is 1150. The summed E-state index contributed by atoms with van der Waals surface area (Å²) >= 11 is 7.53. The molecule has 0 bridgehead atoms. The number of rotatable bonds is 4. The lowest BCUT2D eigenvalue weighted by Gasteiger charge is -2.17. The number of fused-ring (bicyclic) bond motifs is 1. The molecular weight excluding hydrogens is 426 g/mol. The minimum atomic E-state index is -0.466. The van der Waals surface area contributed by atoms with Crippen LogP contribution in [0.15, 0.2) is 47.8 Å². The number of halogens is 1. The Morgan fingerprint density at radius 1 is 1.20 bits per heavy atom. The van der Waals surface area contributed by atoms with Gasteiger partial charge in [-0.1, -0.05) is 23.7 Å². The van der Waals surface area contributed by atoms with Gasteiger partial charge in [-0.15, -0.1) is 11.3 Å². The molecule has 1 saturated heterocycles. The third-order valence-electron chi connectivity index (χ3n) is 5.04. The van der Waals surface area contributed by atoms with Gasteiger partial charge in [0.25, 0.3) is 0 Å². The fraction of sp³-hybridized carbons (Fsp3) is 0.190. The van der Waals surface area contributed by atoms with Gasteiger partial charge in [0.1, 0.15) is 0 Å². The van der Waals surface area contributed by atoms with E-state index in [-0.39, 0.29) is 31.6 Å². The Kier molecular flexibility index (Phi) is 4.80. The predicted octanol–water partition coefficient (Wildman–Crippen LogP) is 4.18. The molecule has 3 heterocycles. The van der Waals surface area contributed by atoms with Gasteiger partial charge in [0.2, 0.25) is 18.6 Å². The van der Waals surface area contributed by atoms with E-state index in [2.05, 4.69) is 10.3 Å². The summed E-state index contributed by atoms with van der Waals surface area (Å²) in [6.07, 6.45) is 0.136. The molecule has 152 valence electrons. The molecule has 1 unspecified atom stereocenters. The molecule has 1 N–H and O–H groups in total. The van der Waals surface area contributed by atoms with Gasteiger partial charge < -0.3 is 19.7 Å². The molecule has 0 saturated carbocycles. The highest BCUT2D eigenvalue weighted by Gasteiger charge is 2.36. The summed E-state index contributed by atoms with van der Waals surface area (Å²) in [5, 5.41) is 5.67. The van der Waals surface area contributed by atoms with Gasteiger partial charge in [-0.3, -0.25) is 9.59 Å². The van der Waals surface area contributed by atoms with Crippen molar-refractivity contribution in [1.82, 2.24) is 4.98 Å². The van der Waals surface area contributed by atoms with Gasteiger partial charge in [0, 0.05) is 23.9 Å². The van der Waals surface area contributed by atoms with E-state index in [9.17, 15) is 9.59 Å². The number of thiazole rings is 1. The van der Waals surface area contributed by atoms with Gasteiger partial charge in [-0.05, 0) is 30.3 Å². The van der Waals surface area contributed by atoms with Gasteiger partial charge in [-0.2, -0.15) is 0 Å². The maximum Gasteiger partial charge on any atom is 0.231 e. The van der Waals surface area contributed by atoms with Crippen LogP contribution in [0.1, 0.15) is 6.42 Å². The number of amides is 2. The summed E-state index contributed by atoms with van der Waals surface area (Å²) in [5.74, 6) is 0.561. The first kappa shape index (κ1) is 18.9. The second kappa shape index (κ2) is 7.62. The Morgan fingerprint density at radius 3 is 2.90 bits per heavy atom. The number of carbonyl (C=O) groups is 2. The van der Waals surface area contributed by atoms with E-state index in [1.165, 1.54) is 11.3 Å². The van der Waals surface area contributed by atoms with E-state index in [1.807, 2.05) is 29.6 Å². The van der Waals surface area contributed by atoms with Crippen molar-refractivity contribution in [3.8, 4) is 22.8 Å². The van der Waals surface area contributed by atoms with Gasteiger partial charge >= 0.3 is 0 Å². The number of hydrogen-bond donors (Lipinski definition) is 1. The molecule has 1 aromatic heterocycles. The third-order valence-corrected chi connectivity index (χ3v) is 6.12. The largest absolute Gasteiger partial charge is 0.454 e. The van der Waals surface area contributed by atoms with Crippen LogP contribution in [-0.4, -0.2) is 30.1 Å². The molecule has 3 aromatic rings. The number of anilines is 2. The lowest BCUT2D eigenvalue weighted by atomic mass is 10.1. The highest BCUT2D eigenvalue weighted by atomic mass is 35.5. The number of nitrogens with zero attached hydrogens (tertiary/aromatic N) is 2. The molecule has 2 aromatic carbocycles. The maximum atomic E-state index is 12.7. The van der Waals surface area contributed by atoms with Crippen LogP contribution in [-0.2, 0) is 9.59 Å². The summed E-state index contributed by atoms with van der Waals surface area (Å²) in [4.78, 5) is 31.2. The average Bonchev–Trinajstić information content (AvgIpc) is 3.47. The number of para-hydroxylation sites is 1. The molecule has 1 atom stereocenters. The summed E-state index contributed by atoms with van der Waals surface area (Å²) in [7, 11) is 0. The smallest absolute Gasteiger partial charge is 0.231 e. The highest BCUT2D eigenvalue weighted by molar-refractivity contribution is 7.14. The van der Waals surface area contributed by atoms with Crippen LogP contribution in [0.3, 0.4) is 0 Å². The average molecular weight is 442 g/mol. The van der Waals surface area contributed by atoms with Crippen LogP contribution in [0.5, 0.6) is 11.5 Å². The van der Waals surface area contributed by atoms with E-state index in [4.69, 9.17) is 21.1 Å². The molecule has 7 nitrogen and oxygen atoms in total. The van der Waals surface area contributed by atoms with Gasteiger partial charge in [-0.25, -0.2) is 4.98 Å². The van der Waals surface area contributed by atoms with E-state index in [0.29, 0.717) is 27.3 Å². The second-order valence-corrected chi connectivity index (χ2v) is 8.22. The first-order chi connectivity index (χ1) is 14.6. The standard InChI is InChI=1S/C21H16ClN3O4S/c22-14-3-1-2-4-16(14)25-9-13(8-19(25)26)20(27)24-21-23-15(10-30-21)12-5-6-17-18(7-12)29-11-28-17/h1-7,10,13H,8-9,11H2,(H,23,24,27). The van der Waals surface area contributed by atoms with Crippen LogP contribution in [0, 0.1) is 5.92 Å². The number of aromatic nitrogens is 1. The van der Waals surface area contributed by atoms with Crippen molar-refractivity contribution < 1.29 is 19.1 Å². The number of carbonyl (C=O) groups excluding carboxylic acids is 2. The van der Waals surface area contributed by atoms with E-state index >= 15 is 0 Å². The molecule has 9 heteroatoms. The predicted molar refractivity (Wildman–Crippen MR) is 114 cm³/mol. The molecule has 2 aliphatic heterocycles. The number of ether oxygens (including phenoxy) is 2. The number of hydrogen-bond acceptors (Lipinski definition) is 6. The van der Waals surface area contributed by atoms with Gasteiger partial charge in [0.15, 0.2) is 16.6 Å². The van der Waals surface area contributed by atoms with Crippen LogP contribution in [0.2, 0.25) is 5.02 Å². The van der Waals surface area contributed by atoms with Crippen LogP contribution in [0.4, 0.5) is 10.8 Å². The summed E-state index contributed by atoms with van der Waals surface area (Å²) in [6, 6.07) is 12.7. The first-order valence-corrected chi connectivity index (χ1v) is 10.6. The number of nitrogens with one attached hydrogen (secondary N) is 1. The molecule has 2 aliphatic rings. The normalized spacial score (nSPS) is 17.4. The van der Waals surface area contributed by atoms with Crippen molar-refractivity contribution in [2.45, 2.75) is 6.42 Å². The van der Waals surface area contributed by atoms with E-state index in [1.54, 1.807) is 23.1 Å². The Morgan fingerprint density at radius 2 is 2.03 bits per heavy atom. The van der Waals surface area contributed by atoms with Crippen LogP contribution >= 0.6 is 22.9 Å². The lowest BCUT2D eigenvalue weighted by molar-refractivity contribution is -0.122. The minimum absolute atomic E-state index is 0.122. The zero-order chi connectivity index (χ0) is 20.7. The summed E-state index contributed by atoms with van der Waals surface area (Å²) in [5.41, 5.74) is 2.23. The van der Waals surface area contributed by atoms with Crippen molar-refractivity contribution in [3.05, 3.63) is 52.9 Å². The van der Waals surface area contributed by atoms with Crippen LogP contribution in [0.25, 0.3) is 11.3 Å². The van der Waals surface area contributed by atoms with Crippen molar-refractivity contribution in [3.63, 3.8) is 0 Å². The summed E-state index contributed by atoms with van der Waals surface area (Å²) < 4.78 is 10.7. The maximum absolute atomic E-state index is 12.7. The Hall–Kier alpha value is -3.10. The third kappa shape index (κ3) is 3.48. The van der Waals surface area contributed by atoms with E-state index in [0.717, 1.165) is 11.3 Å². The molecule has 0 radical (unpaired) electrons. The Balaban J connectivity index is 1.27. The molecule has 30 heavy (non-hydrogen) atoms. The SMILES string of the molecule is O=C(Nc1nc(-c2ccc3c(c2)OCO3)cs1)C1CC(=O)N(c2ccccc2Cl)C1. The quantitative estimate of drug-likeness (QED) is 0.656. The summed E-state index contributed by atoms with van der Waals surface area (Å²) in [6.45, 7) is 0.497. The van der Waals surface area contributed by atoms with E-state index < -0.39 is 5.92 Å². The minimum Gasteiger partial charge on any atom is -0.454 e. The fourth-order valence-electron chi connectivity index (χ4n) is 3.51. The van der Waals surface area contributed by atoms with Gasteiger partial charge in [0.05, 0.1) is 22.3 Å². The molecule has 0 spiro atoms.